The van der Waals surface area contributed by atoms with Gasteiger partial charge in [-0.3, -0.25) is 4.98 Å². The van der Waals surface area contributed by atoms with Gasteiger partial charge in [-0.05, 0) is 66.0 Å². The van der Waals surface area contributed by atoms with Gasteiger partial charge in [-0.25, -0.2) is 0 Å². The van der Waals surface area contributed by atoms with Crippen LogP contribution in [0.25, 0.3) is 0 Å². The van der Waals surface area contributed by atoms with E-state index in [-0.39, 0.29) is 0 Å². The number of benzene rings is 1. The molecule has 5 heteroatoms. The third-order valence-corrected chi connectivity index (χ3v) is 3.95. The molecule has 0 unspecified atom stereocenters. The second-order valence-electron chi connectivity index (χ2n) is 3.08. The largest absolute Gasteiger partial charge is 0.353 e. The van der Waals surface area contributed by atoms with Crippen molar-refractivity contribution in [1.82, 2.24) is 4.98 Å². The van der Waals surface area contributed by atoms with Crippen LogP contribution in [0.4, 0.5) is 11.4 Å². The van der Waals surface area contributed by atoms with Gasteiger partial charge >= 0.3 is 0 Å². The molecule has 0 fully saturated rings. The van der Waals surface area contributed by atoms with Crippen LogP contribution < -0.4 is 5.32 Å². The Labute approximate surface area is 119 Å². The minimum Gasteiger partial charge on any atom is -0.353 e. The predicted octanol–water partition coefficient (Wildman–Crippen LogP) is 5.11. The van der Waals surface area contributed by atoms with E-state index >= 15 is 0 Å². The van der Waals surface area contributed by atoms with Crippen LogP contribution >= 0.6 is 47.8 Å². The Bertz CT molecular complexity index is 494. The number of para-hydroxylation sites is 1. The van der Waals surface area contributed by atoms with Crippen LogP contribution in [0.5, 0.6) is 0 Å². The Kier molecular flexibility index (Phi) is 4.00. The number of halogens is 3. The van der Waals surface area contributed by atoms with Crippen LogP contribution in [0, 0.1) is 0 Å². The molecule has 0 radical (unpaired) electrons. The Morgan fingerprint density at radius 2 is 1.62 bits per heavy atom. The van der Waals surface area contributed by atoms with Gasteiger partial charge in [0.25, 0.3) is 0 Å². The average Bonchev–Trinajstić information content (AvgIpc) is 2.26. The second-order valence-corrected chi connectivity index (χ2v) is 5.64. The lowest BCUT2D eigenvalue weighted by molar-refractivity contribution is 1.30. The van der Waals surface area contributed by atoms with Gasteiger partial charge < -0.3 is 5.32 Å². The van der Waals surface area contributed by atoms with E-state index < -0.39 is 0 Å². The molecule has 0 spiro atoms. The van der Waals surface area contributed by atoms with Crippen LogP contribution in [0.1, 0.15) is 0 Å². The molecule has 0 saturated heterocycles. The number of hydrogen-bond donors (Lipinski definition) is 1. The van der Waals surface area contributed by atoms with Crippen molar-refractivity contribution in [2.75, 3.05) is 5.32 Å². The Hall–Kier alpha value is -0.390. The molecule has 2 rings (SSSR count). The Morgan fingerprint density at radius 3 is 2.25 bits per heavy atom. The molecule has 2 aromatic rings. The third kappa shape index (κ3) is 2.64. The maximum Gasteiger partial charge on any atom is 0.0673 e. The highest BCUT2D eigenvalue weighted by Crippen LogP contribution is 2.34. The summed E-state index contributed by atoms with van der Waals surface area (Å²) in [5, 5.41) is 3.33. The minimum absolute atomic E-state index is 0.928. The zero-order chi connectivity index (χ0) is 11.5. The maximum absolute atomic E-state index is 4.02. The van der Waals surface area contributed by atoms with Crippen molar-refractivity contribution in [3.8, 4) is 0 Å². The van der Waals surface area contributed by atoms with Crippen molar-refractivity contribution in [1.29, 1.82) is 0 Å². The zero-order valence-electron chi connectivity index (χ0n) is 8.05. The number of nitrogens with zero attached hydrogens (tertiary/aromatic N) is 1. The first-order chi connectivity index (χ1) is 7.68. The van der Waals surface area contributed by atoms with Crippen molar-refractivity contribution >= 4 is 59.2 Å². The number of pyridine rings is 1. The van der Waals surface area contributed by atoms with E-state index in [4.69, 9.17) is 0 Å². The zero-order valence-corrected chi connectivity index (χ0v) is 12.8. The quantitative estimate of drug-likeness (QED) is 0.749. The van der Waals surface area contributed by atoms with Gasteiger partial charge in [0.15, 0.2) is 0 Å². The number of anilines is 2. The first-order valence-electron chi connectivity index (χ1n) is 4.49. The molecule has 2 nitrogen and oxygen atoms in total. The summed E-state index contributed by atoms with van der Waals surface area (Å²) in [7, 11) is 0. The van der Waals surface area contributed by atoms with Crippen molar-refractivity contribution in [2.24, 2.45) is 0 Å². The molecule has 1 heterocycles. The normalized spacial score (nSPS) is 10.2. The van der Waals surface area contributed by atoms with Gasteiger partial charge in [0.05, 0.1) is 15.8 Å². The molecule has 0 aliphatic carbocycles. The van der Waals surface area contributed by atoms with E-state index in [1.165, 1.54) is 0 Å². The molecule has 0 aliphatic heterocycles. The van der Waals surface area contributed by atoms with Crippen molar-refractivity contribution in [2.45, 2.75) is 0 Å². The smallest absolute Gasteiger partial charge is 0.0673 e. The Morgan fingerprint density at radius 1 is 0.938 bits per heavy atom. The van der Waals surface area contributed by atoms with E-state index in [1.807, 2.05) is 24.3 Å². The van der Waals surface area contributed by atoms with Gasteiger partial charge in [-0.2, -0.15) is 0 Å². The molecular formula is C11H7Br3N2. The highest BCUT2D eigenvalue weighted by atomic mass is 79.9. The molecule has 0 saturated carbocycles. The SMILES string of the molecule is Brc1cnccc1Nc1c(Br)cccc1Br. The second kappa shape index (κ2) is 5.29. The fourth-order valence-corrected chi connectivity index (χ4v) is 2.77. The summed E-state index contributed by atoms with van der Waals surface area (Å²) in [6.45, 7) is 0. The maximum atomic E-state index is 4.02. The van der Waals surface area contributed by atoms with Crippen molar-refractivity contribution < 1.29 is 0 Å². The highest BCUT2D eigenvalue weighted by Gasteiger charge is 2.06. The fraction of sp³-hybridized carbons (Fsp3) is 0. The summed E-state index contributed by atoms with van der Waals surface area (Å²) in [5.41, 5.74) is 1.97. The van der Waals surface area contributed by atoms with Crippen molar-refractivity contribution in [3.63, 3.8) is 0 Å². The first-order valence-corrected chi connectivity index (χ1v) is 6.87. The first kappa shape index (κ1) is 12.1. The number of hydrogen-bond acceptors (Lipinski definition) is 2. The number of aromatic nitrogens is 1. The summed E-state index contributed by atoms with van der Waals surface area (Å²) in [4.78, 5) is 4.02. The lowest BCUT2D eigenvalue weighted by Gasteiger charge is -2.11. The molecular weight excluding hydrogens is 400 g/mol. The van der Waals surface area contributed by atoms with Gasteiger partial charge in [-0.1, -0.05) is 6.07 Å². The van der Waals surface area contributed by atoms with E-state index in [2.05, 4.69) is 58.1 Å². The summed E-state index contributed by atoms with van der Waals surface area (Å²) >= 11 is 10.5. The molecule has 1 aromatic heterocycles. The number of nitrogens with one attached hydrogen (secondary N) is 1. The lowest BCUT2D eigenvalue weighted by atomic mass is 10.3. The molecule has 0 atom stereocenters. The fourth-order valence-electron chi connectivity index (χ4n) is 1.23. The minimum atomic E-state index is 0.928. The van der Waals surface area contributed by atoms with Gasteiger partial charge in [0.2, 0.25) is 0 Å². The molecule has 1 aromatic carbocycles. The topological polar surface area (TPSA) is 24.9 Å². The van der Waals surface area contributed by atoms with E-state index in [0.29, 0.717) is 0 Å². The number of rotatable bonds is 2. The summed E-state index contributed by atoms with van der Waals surface area (Å²) in [5.74, 6) is 0. The van der Waals surface area contributed by atoms with Gasteiger partial charge in [-0.15, -0.1) is 0 Å². The van der Waals surface area contributed by atoms with Gasteiger partial charge in [0.1, 0.15) is 0 Å². The molecule has 0 amide bonds. The monoisotopic (exact) mass is 404 g/mol. The Balaban J connectivity index is 2.38. The molecule has 0 aliphatic rings. The van der Waals surface area contributed by atoms with Crippen LogP contribution in [0.15, 0.2) is 50.1 Å². The summed E-state index contributed by atoms with van der Waals surface area (Å²) in [6.07, 6.45) is 3.50. The molecule has 0 bridgehead atoms. The van der Waals surface area contributed by atoms with Crippen LogP contribution in [0.3, 0.4) is 0 Å². The van der Waals surface area contributed by atoms with Crippen LogP contribution in [-0.4, -0.2) is 4.98 Å². The van der Waals surface area contributed by atoms with Crippen molar-refractivity contribution in [3.05, 3.63) is 50.1 Å². The lowest BCUT2D eigenvalue weighted by Crippen LogP contribution is -1.93. The molecule has 82 valence electrons. The average molecular weight is 407 g/mol. The summed E-state index contributed by atoms with van der Waals surface area (Å²) < 4.78 is 2.94. The summed E-state index contributed by atoms with van der Waals surface area (Å²) in [6, 6.07) is 7.86. The van der Waals surface area contributed by atoms with Crippen LogP contribution in [-0.2, 0) is 0 Å². The molecule has 1 N–H and O–H groups in total. The highest BCUT2D eigenvalue weighted by molar-refractivity contribution is 9.11. The van der Waals surface area contributed by atoms with Gasteiger partial charge in [0, 0.05) is 21.3 Å². The van der Waals surface area contributed by atoms with E-state index in [9.17, 15) is 0 Å². The van der Waals surface area contributed by atoms with E-state index in [0.717, 1.165) is 24.8 Å². The molecule has 16 heavy (non-hydrogen) atoms. The third-order valence-electron chi connectivity index (χ3n) is 1.99. The van der Waals surface area contributed by atoms with E-state index in [1.54, 1.807) is 12.4 Å². The predicted molar refractivity (Wildman–Crippen MR) is 77.1 cm³/mol. The van der Waals surface area contributed by atoms with Crippen LogP contribution in [0.2, 0.25) is 0 Å². The standard InChI is InChI=1S/C11H7Br3N2/c12-7-2-1-3-8(13)11(7)16-10-4-5-15-6-9(10)14/h1-6H,(H,15,16).